The van der Waals surface area contributed by atoms with E-state index in [-0.39, 0.29) is 30.8 Å². The molecule has 0 unspecified atom stereocenters. The lowest BCUT2D eigenvalue weighted by atomic mass is 9.85. The van der Waals surface area contributed by atoms with Gasteiger partial charge in [-0.25, -0.2) is 31.5 Å². The maximum absolute atomic E-state index is 14.8. The van der Waals surface area contributed by atoms with Gasteiger partial charge in [0.15, 0.2) is 28.2 Å². The molecule has 1 saturated heterocycles. The van der Waals surface area contributed by atoms with E-state index in [9.17, 15) is 40.7 Å². The Labute approximate surface area is 263 Å². The van der Waals surface area contributed by atoms with Crippen LogP contribution in [-0.2, 0) is 26.2 Å². The zero-order valence-electron chi connectivity index (χ0n) is 25.0. The molecule has 1 aliphatic heterocycles. The summed E-state index contributed by atoms with van der Waals surface area (Å²) >= 11 is 0. The molecule has 15 heteroatoms. The maximum Gasteiger partial charge on any atom is 0.278 e. The van der Waals surface area contributed by atoms with E-state index in [0.29, 0.717) is 15.9 Å². The van der Waals surface area contributed by atoms with Crippen LogP contribution < -0.4 is 10.4 Å². The summed E-state index contributed by atoms with van der Waals surface area (Å²) in [5.74, 6) is -9.72. The quantitative estimate of drug-likeness (QED) is 0.188. The summed E-state index contributed by atoms with van der Waals surface area (Å²) in [6.45, 7) is 0.183. The molecule has 2 aliphatic rings. The number of phenolic OH excluding ortho intramolecular Hbond substituents is 1. The lowest BCUT2D eigenvalue weighted by molar-refractivity contribution is -0.125. The van der Waals surface area contributed by atoms with Gasteiger partial charge in [0.2, 0.25) is 15.9 Å². The molecule has 1 aromatic heterocycles. The van der Waals surface area contributed by atoms with Crippen molar-refractivity contribution in [3.05, 3.63) is 82.2 Å². The molecule has 46 heavy (non-hydrogen) atoms. The average Bonchev–Trinajstić information content (AvgIpc) is 3.01. The van der Waals surface area contributed by atoms with E-state index in [0.717, 1.165) is 49.1 Å². The van der Waals surface area contributed by atoms with Gasteiger partial charge in [0, 0.05) is 30.1 Å². The van der Waals surface area contributed by atoms with Crippen LogP contribution in [0.15, 0.2) is 41.4 Å². The second kappa shape index (κ2) is 13.3. The van der Waals surface area contributed by atoms with E-state index in [1.54, 1.807) is 12.3 Å². The number of phenols is 1. The van der Waals surface area contributed by atoms with Crippen molar-refractivity contribution in [1.82, 2.24) is 14.8 Å². The Morgan fingerprint density at radius 3 is 2.24 bits per heavy atom. The second-order valence-corrected chi connectivity index (χ2v) is 13.1. The van der Waals surface area contributed by atoms with Crippen LogP contribution in [0.2, 0.25) is 0 Å². The molecule has 2 heterocycles. The van der Waals surface area contributed by atoms with Crippen LogP contribution in [0, 0.1) is 30.2 Å². The SMILES string of the molecule is CONC(=O)c1ccc(N(Cc2ccc(C3CCCCC3)cn2)C(=O)[C@H]2CCN2S(=O)(=O)c2c(F)c(F)c(C)c(F)c2F)cc1O. The molecule has 2 amide bonds. The minimum atomic E-state index is -5.23. The molecule has 0 spiro atoms. The molecular formula is C31H32F4N4O6S. The average molecular weight is 665 g/mol. The molecule has 0 bridgehead atoms. The van der Waals surface area contributed by atoms with E-state index in [2.05, 4.69) is 15.3 Å². The second-order valence-electron chi connectivity index (χ2n) is 11.3. The van der Waals surface area contributed by atoms with Crippen LogP contribution in [0.25, 0.3) is 0 Å². The van der Waals surface area contributed by atoms with Crippen LogP contribution in [0.4, 0.5) is 23.2 Å². The Balaban J connectivity index is 1.49. The molecule has 2 fully saturated rings. The molecule has 10 nitrogen and oxygen atoms in total. The highest BCUT2D eigenvalue weighted by atomic mass is 32.2. The normalized spacial score (nSPS) is 17.4. The van der Waals surface area contributed by atoms with Crippen LogP contribution in [0.1, 0.15) is 71.6 Å². The Bertz CT molecular complexity index is 1740. The highest BCUT2D eigenvalue weighted by molar-refractivity contribution is 7.89. The van der Waals surface area contributed by atoms with Gasteiger partial charge < -0.3 is 10.0 Å². The van der Waals surface area contributed by atoms with Crippen molar-refractivity contribution in [3.63, 3.8) is 0 Å². The number of halogens is 4. The number of nitrogens with zero attached hydrogens (tertiary/aromatic N) is 3. The summed E-state index contributed by atoms with van der Waals surface area (Å²) < 4.78 is 85.3. The zero-order valence-corrected chi connectivity index (χ0v) is 25.8. The number of aromatic hydroxyl groups is 1. The number of carbonyl (C=O) groups is 2. The third kappa shape index (κ3) is 6.18. The van der Waals surface area contributed by atoms with Crippen molar-refractivity contribution in [2.45, 2.75) is 68.8 Å². The van der Waals surface area contributed by atoms with Gasteiger partial charge in [-0.2, -0.15) is 4.31 Å². The summed E-state index contributed by atoms with van der Waals surface area (Å²) in [5, 5.41) is 10.6. The smallest absolute Gasteiger partial charge is 0.278 e. The highest BCUT2D eigenvalue weighted by Gasteiger charge is 2.47. The number of anilines is 1. The molecule has 1 aliphatic carbocycles. The molecule has 1 saturated carbocycles. The highest BCUT2D eigenvalue weighted by Crippen LogP contribution is 2.36. The van der Waals surface area contributed by atoms with Gasteiger partial charge in [-0.15, -0.1) is 0 Å². The van der Waals surface area contributed by atoms with Gasteiger partial charge in [0.1, 0.15) is 11.8 Å². The van der Waals surface area contributed by atoms with E-state index < -0.39 is 67.4 Å². The fraction of sp³-hybridized carbons (Fsp3) is 0.387. The molecule has 5 rings (SSSR count). The summed E-state index contributed by atoms with van der Waals surface area (Å²) in [6, 6.07) is 5.78. The van der Waals surface area contributed by atoms with E-state index in [1.165, 1.54) is 25.7 Å². The van der Waals surface area contributed by atoms with Gasteiger partial charge in [0.05, 0.1) is 24.9 Å². The minimum Gasteiger partial charge on any atom is -0.507 e. The minimum absolute atomic E-state index is 0.0451. The van der Waals surface area contributed by atoms with Crippen molar-refractivity contribution in [1.29, 1.82) is 0 Å². The third-order valence-corrected chi connectivity index (χ3v) is 10.4. The number of nitrogens with one attached hydrogen (secondary N) is 1. The Hall–Kier alpha value is -4.08. The van der Waals surface area contributed by atoms with Gasteiger partial charge in [-0.1, -0.05) is 25.3 Å². The number of carbonyl (C=O) groups excluding carboxylic acids is 2. The summed E-state index contributed by atoms with van der Waals surface area (Å²) in [7, 11) is -4.03. The molecule has 0 radical (unpaired) electrons. The van der Waals surface area contributed by atoms with E-state index in [1.807, 2.05) is 6.07 Å². The first kappa shape index (κ1) is 33.3. The molecule has 2 N–H and O–H groups in total. The van der Waals surface area contributed by atoms with E-state index in [4.69, 9.17) is 0 Å². The topological polar surface area (TPSA) is 129 Å². The van der Waals surface area contributed by atoms with Crippen molar-refractivity contribution in [2.24, 2.45) is 0 Å². The molecule has 1 atom stereocenters. The van der Waals surface area contributed by atoms with Gasteiger partial charge >= 0.3 is 0 Å². The fourth-order valence-electron chi connectivity index (χ4n) is 5.84. The number of hydrogen-bond acceptors (Lipinski definition) is 7. The van der Waals surface area contributed by atoms with Crippen molar-refractivity contribution in [2.75, 3.05) is 18.6 Å². The standard InChI is InChI=1S/C31H32F4N4O6S/c1-17-25(32)27(34)29(28(35)26(17)33)46(43,44)39-13-12-23(39)31(42)38(21-10-11-22(24(40)14-21)30(41)37-45-2)16-20-9-8-19(15-36-20)18-6-4-3-5-7-18/h8-11,14-15,18,23,40H,3-7,12-13,16H2,1-2H3,(H,37,41)/t23-/m1/s1. The number of pyridine rings is 1. The monoisotopic (exact) mass is 664 g/mol. The first-order valence-corrected chi connectivity index (χ1v) is 16.1. The Kier molecular flexibility index (Phi) is 9.65. The number of amides is 2. The van der Waals surface area contributed by atoms with Crippen molar-refractivity contribution in [3.8, 4) is 5.75 Å². The van der Waals surface area contributed by atoms with Gasteiger partial charge in [0.25, 0.3) is 5.91 Å². The lowest BCUT2D eigenvalue weighted by Gasteiger charge is -2.41. The predicted molar refractivity (Wildman–Crippen MR) is 157 cm³/mol. The van der Waals surface area contributed by atoms with Gasteiger partial charge in [-0.3, -0.25) is 19.4 Å². The number of hydroxylamine groups is 1. The van der Waals surface area contributed by atoms with E-state index >= 15 is 0 Å². The molecule has 246 valence electrons. The van der Waals surface area contributed by atoms with Crippen molar-refractivity contribution < 1.29 is 45.5 Å². The summed E-state index contributed by atoms with van der Waals surface area (Å²) in [6.07, 6.45) is 7.13. The van der Waals surface area contributed by atoms with Crippen LogP contribution in [-0.4, -0.2) is 54.3 Å². The fourth-order valence-corrected chi connectivity index (χ4v) is 7.58. The molecule has 2 aromatic carbocycles. The lowest BCUT2D eigenvalue weighted by Crippen LogP contribution is -2.59. The number of benzene rings is 2. The number of rotatable bonds is 9. The number of aromatic nitrogens is 1. The Morgan fingerprint density at radius 2 is 1.70 bits per heavy atom. The Morgan fingerprint density at radius 1 is 1.02 bits per heavy atom. The van der Waals surface area contributed by atoms with Crippen molar-refractivity contribution >= 4 is 27.5 Å². The largest absolute Gasteiger partial charge is 0.507 e. The first-order chi connectivity index (χ1) is 21.9. The van der Waals surface area contributed by atoms with Crippen LogP contribution in [0.3, 0.4) is 0 Å². The van der Waals surface area contributed by atoms with Crippen LogP contribution in [0.5, 0.6) is 5.75 Å². The number of hydrogen-bond donors (Lipinski definition) is 2. The molecular weight excluding hydrogens is 632 g/mol. The van der Waals surface area contributed by atoms with Gasteiger partial charge in [-0.05, 0) is 55.9 Å². The summed E-state index contributed by atoms with van der Waals surface area (Å²) in [4.78, 5) is 34.6. The first-order valence-electron chi connectivity index (χ1n) is 14.6. The maximum atomic E-state index is 14.8. The van der Waals surface area contributed by atoms with Crippen LogP contribution >= 0.6 is 0 Å². The molecule has 3 aromatic rings. The summed E-state index contributed by atoms with van der Waals surface area (Å²) in [5.41, 5.74) is 2.35. The number of sulfonamides is 1. The predicted octanol–water partition coefficient (Wildman–Crippen LogP) is 4.99. The zero-order chi connectivity index (χ0) is 33.3. The third-order valence-electron chi connectivity index (χ3n) is 8.51.